The number of hydrogen-bond acceptors (Lipinski definition) is 2. The number of rotatable bonds is 3. The van der Waals surface area contributed by atoms with Gasteiger partial charge in [0.2, 0.25) is 0 Å². The molecule has 0 fully saturated rings. The Hall–Kier alpha value is -0.830. The monoisotopic (exact) mass is 212 g/mol. The van der Waals surface area contributed by atoms with Crippen molar-refractivity contribution in [1.82, 2.24) is 0 Å². The second-order valence-corrected chi connectivity index (χ2v) is 5.07. The lowest BCUT2D eigenvalue weighted by atomic mass is 9.82. The van der Waals surface area contributed by atoms with Crippen LogP contribution in [0.25, 0.3) is 0 Å². The van der Waals surface area contributed by atoms with Gasteiger partial charge in [0, 0.05) is 0 Å². The Kier molecular flexibility index (Phi) is 3.32. The lowest BCUT2D eigenvalue weighted by molar-refractivity contribution is 0.506. The highest BCUT2D eigenvalue weighted by Crippen LogP contribution is 2.26. The standard InChI is InChI=1S/C11H16O2S/c1-4-11(2,3)9-5-7-10(8-6-9)14(12)13/h5-8,14H,4H2,1-3H3. The summed E-state index contributed by atoms with van der Waals surface area (Å²) < 4.78 is 21.3. The molecule has 0 spiro atoms. The van der Waals surface area contributed by atoms with Crippen molar-refractivity contribution in [3.05, 3.63) is 29.8 Å². The van der Waals surface area contributed by atoms with Gasteiger partial charge in [0.1, 0.15) is 0 Å². The van der Waals surface area contributed by atoms with E-state index in [1.54, 1.807) is 12.1 Å². The maximum Gasteiger partial charge on any atom is 0.168 e. The van der Waals surface area contributed by atoms with Crippen molar-refractivity contribution >= 4 is 10.7 Å². The molecule has 78 valence electrons. The first-order valence-electron chi connectivity index (χ1n) is 4.72. The van der Waals surface area contributed by atoms with Crippen LogP contribution in [-0.2, 0) is 16.1 Å². The summed E-state index contributed by atoms with van der Waals surface area (Å²) in [5.74, 6) is 0. The molecule has 14 heavy (non-hydrogen) atoms. The summed E-state index contributed by atoms with van der Waals surface area (Å²) in [5, 5.41) is 0. The second kappa shape index (κ2) is 4.13. The maximum atomic E-state index is 10.7. The van der Waals surface area contributed by atoms with Gasteiger partial charge in [0.05, 0.1) is 4.90 Å². The molecule has 0 N–H and O–H groups in total. The fraction of sp³-hybridized carbons (Fsp3) is 0.455. The molecule has 0 heterocycles. The first-order valence-corrected chi connectivity index (χ1v) is 5.90. The van der Waals surface area contributed by atoms with Crippen molar-refractivity contribution in [3.63, 3.8) is 0 Å². The van der Waals surface area contributed by atoms with E-state index < -0.39 is 10.7 Å². The van der Waals surface area contributed by atoms with Gasteiger partial charge >= 0.3 is 0 Å². The summed E-state index contributed by atoms with van der Waals surface area (Å²) in [5.41, 5.74) is 1.30. The Bertz CT molecular complexity index is 367. The minimum Gasteiger partial charge on any atom is -0.227 e. The van der Waals surface area contributed by atoms with Crippen LogP contribution < -0.4 is 0 Å². The van der Waals surface area contributed by atoms with Crippen molar-refractivity contribution in [2.45, 2.75) is 37.5 Å². The van der Waals surface area contributed by atoms with Gasteiger partial charge in [0.15, 0.2) is 10.7 Å². The Labute approximate surface area is 86.9 Å². The van der Waals surface area contributed by atoms with E-state index in [9.17, 15) is 8.42 Å². The van der Waals surface area contributed by atoms with Crippen molar-refractivity contribution in [2.24, 2.45) is 0 Å². The topological polar surface area (TPSA) is 34.1 Å². The molecule has 3 heteroatoms. The highest BCUT2D eigenvalue weighted by atomic mass is 32.2. The number of benzene rings is 1. The summed E-state index contributed by atoms with van der Waals surface area (Å²) in [4.78, 5) is 0.385. The Morgan fingerprint density at radius 3 is 2.00 bits per heavy atom. The molecule has 0 atom stereocenters. The third-order valence-electron chi connectivity index (χ3n) is 2.74. The summed E-state index contributed by atoms with van der Waals surface area (Å²) in [6.45, 7) is 6.43. The van der Waals surface area contributed by atoms with Gasteiger partial charge in [-0.15, -0.1) is 0 Å². The molecule has 2 nitrogen and oxygen atoms in total. The van der Waals surface area contributed by atoms with Crippen LogP contribution in [0.3, 0.4) is 0 Å². The number of thiol groups is 1. The molecule has 0 saturated heterocycles. The van der Waals surface area contributed by atoms with Crippen LogP contribution in [0.4, 0.5) is 0 Å². The van der Waals surface area contributed by atoms with E-state index in [2.05, 4.69) is 20.8 Å². The van der Waals surface area contributed by atoms with Crippen LogP contribution in [0.2, 0.25) is 0 Å². The predicted molar refractivity (Wildman–Crippen MR) is 58.3 cm³/mol. The largest absolute Gasteiger partial charge is 0.227 e. The number of hydrogen-bond donors (Lipinski definition) is 1. The van der Waals surface area contributed by atoms with E-state index >= 15 is 0 Å². The van der Waals surface area contributed by atoms with Crippen LogP contribution >= 0.6 is 0 Å². The van der Waals surface area contributed by atoms with Gasteiger partial charge < -0.3 is 0 Å². The van der Waals surface area contributed by atoms with Crippen molar-refractivity contribution in [3.8, 4) is 0 Å². The zero-order valence-electron chi connectivity index (χ0n) is 8.78. The van der Waals surface area contributed by atoms with Crippen LogP contribution in [-0.4, -0.2) is 8.42 Å². The summed E-state index contributed by atoms with van der Waals surface area (Å²) in [6, 6.07) is 7.12. The molecule has 0 unspecified atom stereocenters. The van der Waals surface area contributed by atoms with Crippen molar-refractivity contribution in [1.29, 1.82) is 0 Å². The van der Waals surface area contributed by atoms with Crippen LogP contribution in [0.15, 0.2) is 29.2 Å². The normalized spacial score (nSPS) is 12.0. The Balaban J connectivity index is 3.05. The van der Waals surface area contributed by atoms with E-state index in [1.165, 1.54) is 5.56 Å². The summed E-state index contributed by atoms with van der Waals surface area (Å²) in [6.07, 6.45) is 1.04. The van der Waals surface area contributed by atoms with E-state index in [4.69, 9.17) is 0 Å². The highest BCUT2D eigenvalue weighted by Gasteiger charge is 2.17. The Morgan fingerprint density at radius 1 is 1.14 bits per heavy atom. The molecular weight excluding hydrogens is 196 g/mol. The van der Waals surface area contributed by atoms with E-state index in [0.29, 0.717) is 4.90 Å². The van der Waals surface area contributed by atoms with E-state index in [-0.39, 0.29) is 5.41 Å². The highest BCUT2D eigenvalue weighted by molar-refractivity contribution is 7.72. The van der Waals surface area contributed by atoms with Gasteiger partial charge in [-0.25, -0.2) is 8.42 Å². The average Bonchev–Trinajstić information content (AvgIpc) is 2.18. The van der Waals surface area contributed by atoms with Gasteiger partial charge in [0.25, 0.3) is 0 Å². The third-order valence-corrected chi connectivity index (χ3v) is 3.46. The maximum absolute atomic E-state index is 10.7. The van der Waals surface area contributed by atoms with Crippen molar-refractivity contribution in [2.75, 3.05) is 0 Å². The van der Waals surface area contributed by atoms with E-state index in [0.717, 1.165) is 6.42 Å². The van der Waals surface area contributed by atoms with Gasteiger partial charge in [-0.05, 0) is 29.5 Å². The zero-order valence-corrected chi connectivity index (χ0v) is 9.67. The molecule has 0 aromatic heterocycles. The molecule has 0 aliphatic carbocycles. The second-order valence-electron chi connectivity index (χ2n) is 4.04. The molecular formula is C11H16O2S. The van der Waals surface area contributed by atoms with Gasteiger partial charge in [-0.2, -0.15) is 0 Å². The molecule has 0 aliphatic rings. The fourth-order valence-corrected chi connectivity index (χ4v) is 1.63. The minimum atomic E-state index is -2.45. The predicted octanol–water partition coefficient (Wildman–Crippen LogP) is 2.34. The first kappa shape index (κ1) is 11.2. The first-order chi connectivity index (χ1) is 6.47. The summed E-state index contributed by atoms with van der Waals surface area (Å²) in [7, 11) is -2.45. The molecule has 1 rings (SSSR count). The summed E-state index contributed by atoms with van der Waals surface area (Å²) >= 11 is 0. The lowest BCUT2D eigenvalue weighted by Crippen LogP contribution is -2.15. The third kappa shape index (κ3) is 2.35. The van der Waals surface area contributed by atoms with Gasteiger partial charge in [-0.1, -0.05) is 32.9 Å². The molecule has 0 saturated carbocycles. The molecule has 0 radical (unpaired) electrons. The molecule has 0 aliphatic heterocycles. The molecule has 1 aromatic carbocycles. The average molecular weight is 212 g/mol. The molecule has 0 amide bonds. The van der Waals surface area contributed by atoms with E-state index in [1.807, 2.05) is 12.1 Å². The van der Waals surface area contributed by atoms with Crippen molar-refractivity contribution < 1.29 is 8.42 Å². The van der Waals surface area contributed by atoms with Gasteiger partial charge in [-0.3, -0.25) is 0 Å². The zero-order chi connectivity index (χ0) is 10.8. The Morgan fingerprint density at radius 2 is 1.64 bits per heavy atom. The SMILES string of the molecule is CCC(C)(C)c1ccc([SH](=O)=O)cc1. The van der Waals surface area contributed by atoms with Crippen LogP contribution in [0.5, 0.6) is 0 Å². The quantitative estimate of drug-likeness (QED) is 0.780. The lowest BCUT2D eigenvalue weighted by Gasteiger charge is -2.23. The molecule has 1 aromatic rings. The minimum absolute atomic E-state index is 0.118. The fourth-order valence-electron chi connectivity index (χ4n) is 1.24. The smallest absolute Gasteiger partial charge is 0.168 e. The van der Waals surface area contributed by atoms with Crippen LogP contribution in [0, 0.1) is 0 Å². The van der Waals surface area contributed by atoms with Crippen LogP contribution in [0.1, 0.15) is 32.8 Å². The molecule has 0 bridgehead atoms.